The third kappa shape index (κ3) is 6.75. The summed E-state index contributed by atoms with van der Waals surface area (Å²) >= 11 is 0. The van der Waals surface area contributed by atoms with Crippen molar-refractivity contribution in [3.05, 3.63) is 27.8 Å². The Morgan fingerprint density at radius 3 is 2.52 bits per heavy atom. The minimum atomic E-state index is -3.08. The van der Waals surface area contributed by atoms with Crippen molar-refractivity contribution in [2.45, 2.75) is 32.4 Å². The van der Waals surface area contributed by atoms with Gasteiger partial charge in [0.15, 0.2) is 11.5 Å². The first-order valence-corrected chi connectivity index (χ1v) is 8.61. The van der Waals surface area contributed by atoms with Crippen LogP contribution in [-0.4, -0.2) is 50.2 Å². The summed E-state index contributed by atoms with van der Waals surface area (Å²) in [5.41, 5.74) is 0.195. The van der Waals surface area contributed by atoms with E-state index in [4.69, 9.17) is 4.74 Å². The van der Waals surface area contributed by atoms with Gasteiger partial charge in [0.05, 0.1) is 18.1 Å². The molecule has 1 aromatic carbocycles. The number of hydrogen-bond donors (Lipinski definition) is 1. The second-order valence-corrected chi connectivity index (χ2v) is 6.38. The summed E-state index contributed by atoms with van der Waals surface area (Å²) in [5, 5.41) is 14.5. The van der Waals surface area contributed by atoms with Crippen molar-refractivity contribution >= 4 is 18.1 Å². The van der Waals surface area contributed by atoms with Gasteiger partial charge in [-0.25, -0.2) is 0 Å². The number of alkyl halides is 2. The van der Waals surface area contributed by atoms with Gasteiger partial charge in [-0.2, -0.15) is 8.78 Å². The van der Waals surface area contributed by atoms with E-state index in [0.717, 1.165) is 45.0 Å². The Labute approximate surface area is 163 Å². The number of nitro groups is 1. The Morgan fingerprint density at radius 2 is 2.00 bits per heavy atom. The van der Waals surface area contributed by atoms with Crippen LogP contribution in [0.3, 0.4) is 0 Å². The van der Waals surface area contributed by atoms with E-state index in [1.165, 1.54) is 13.2 Å². The van der Waals surface area contributed by atoms with Crippen LogP contribution in [-0.2, 0) is 6.54 Å². The smallest absolute Gasteiger partial charge is 0.387 e. The summed E-state index contributed by atoms with van der Waals surface area (Å²) in [6, 6.07) is 2.43. The lowest BCUT2D eigenvalue weighted by molar-refractivity contribution is -0.385. The van der Waals surface area contributed by atoms with E-state index in [0.29, 0.717) is 18.0 Å². The van der Waals surface area contributed by atoms with Crippen LogP contribution in [0.25, 0.3) is 0 Å². The summed E-state index contributed by atoms with van der Waals surface area (Å²) in [5.74, 6) is 0.392. The molecular weight excluding hydrogens is 384 g/mol. The summed E-state index contributed by atoms with van der Waals surface area (Å²) in [6.45, 7) is -0.0167. The highest BCUT2D eigenvalue weighted by molar-refractivity contribution is 5.85. The fraction of sp³-hybridized carbons (Fsp3) is 0.647. The molecule has 0 unspecified atom stereocenters. The van der Waals surface area contributed by atoms with E-state index in [1.807, 2.05) is 7.05 Å². The first kappa shape index (κ1) is 23.3. The minimum absolute atomic E-state index is 0. The molecule has 2 rings (SSSR count). The summed E-state index contributed by atoms with van der Waals surface area (Å²) in [6.07, 6.45) is 3.20. The normalized spacial score (nSPS) is 15.4. The van der Waals surface area contributed by atoms with Gasteiger partial charge in [0.25, 0.3) is 5.69 Å². The van der Waals surface area contributed by atoms with Crippen molar-refractivity contribution in [3.63, 3.8) is 0 Å². The van der Waals surface area contributed by atoms with Crippen LogP contribution in [0.1, 0.15) is 24.8 Å². The number of piperidine rings is 1. The molecule has 0 aliphatic carbocycles. The molecule has 1 aliphatic rings. The summed E-state index contributed by atoms with van der Waals surface area (Å²) in [4.78, 5) is 12.9. The number of nitrogens with zero attached hydrogens (tertiary/aromatic N) is 2. The molecule has 154 valence electrons. The Balaban J connectivity index is 0.00000364. The van der Waals surface area contributed by atoms with Gasteiger partial charge in [-0.3, -0.25) is 15.0 Å². The highest BCUT2D eigenvalue weighted by Gasteiger charge is 2.25. The maximum atomic E-state index is 12.5. The van der Waals surface area contributed by atoms with Crippen molar-refractivity contribution in [2.24, 2.45) is 5.92 Å². The molecule has 1 heterocycles. The topological polar surface area (TPSA) is 76.9 Å². The van der Waals surface area contributed by atoms with E-state index < -0.39 is 11.5 Å². The van der Waals surface area contributed by atoms with E-state index in [9.17, 15) is 18.9 Å². The first-order valence-electron chi connectivity index (χ1n) is 8.61. The molecule has 1 N–H and O–H groups in total. The third-order valence-corrected chi connectivity index (χ3v) is 4.68. The number of halogens is 3. The number of methoxy groups -OCH3 is 1. The summed E-state index contributed by atoms with van der Waals surface area (Å²) < 4.78 is 34.4. The first-order chi connectivity index (χ1) is 12.4. The van der Waals surface area contributed by atoms with Crippen LogP contribution in [0.2, 0.25) is 0 Å². The average molecular weight is 410 g/mol. The third-order valence-electron chi connectivity index (χ3n) is 4.68. The highest BCUT2D eigenvalue weighted by Crippen LogP contribution is 2.36. The molecule has 10 heteroatoms. The number of hydrogen-bond acceptors (Lipinski definition) is 6. The molecule has 27 heavy (non-hydrogen) atoms. The molecule has 0 amide bonds. The average Bonchev–Trinajstić information content (AvgIpc) is 2.61. The van der Waals surface area contributed by atoms with E-state index in [1.54, 1.807) is 0 Å². The maximum Gasteiger partial charge on any atom is 0.387 e. The van der Waals surface area contributed by atoms with Crippen LogP contribution in [0.5, 0.6) is 11.5 Å². The lowest BCUT2D eigenvalue weighted by Gasteiger charge is -2.32. The summed E-state index contributed by atoms with van der Waals surface area (Å²) in [7, 11) is 3.25. The molecule has 0 saturated carbocycles. The van der Waals surface area contributed by atoms with Gasteiger partial charge in [-0.15, -0.1) is 12.4 Å². The van der Waals surface area contributed by atoms with Gasteiger partial charge in [0.2, 0.25) is 0 Å². The Kier molecular flexibility index (Phi) is 9.68. The number of nitro benzene ring substituents is 1. The molecular formula is C17H26ClF2N3O4. The number of rotatable bonds is 9. The molecule has 7 nitrogen and oxygen atoms in total. The van der Waals surface area contributed by atoms with Crippen molar-refractivity contribution in [3.8, 4) is 11.5 Å². The van der Waals surface area contributed by atoms with Crippen molar-refractivity contribution in [1.29, 1.82) is 0 Å². The fourth-order valence-corrected chi connectivity index (χ4v) is 3.26. The lowest BCUT2D eigenvalue weighted by Crippen LogP contribution is -2.34. The van der Waals surface area contributed by atoms with E-state index in [2.05, 4.69) is 15.0 Å². The Bertz CT molecular complexity index is 614. The maximum absolute atomic E-state index is 12.5. The van der Waals surface area contributed by atoms with Gasteiger partial charge < -0.3 is 14.8 Å². The second-order valence-electron chi connectivity index (χ2n) is 6.38. The number of ether oxygens (including phenoxy) is 2. The molecule has 1 aromatic rings. The van der Waals surface area contributed by atoms with Gasteiger partial charge in [-0.1, -0.05) is 0 Å². The standard InChI is InChI=1S/C17H25F2N3O4.ClH/c1-20-6-3-12-4-7-21(8-5-12)11-13-9-15(25-2)16(26-17(18)19)10-14(13)22(23)24;/h9-10,12,17,20H,3-8,11H2,1-2H3;1H. The molecule has 1 fully saturated rings. The van der Waals surface area contributed by atoms with Gasteiger partial charge in [-0.05, 0) is 57.9 Å². The van der Waals surface area contributed by atoms with E-state index in [-0.39, 0.29) is 29.6 Å². The van der Waals surface area contributed by atoms with Gasteiger partial charge >= 0.3 is 6.61 Å². The lowest BCUT2D eigenvalue weighted by atomic mass is 9.93. The predicted molar refractivity (Wildman–Crippen MR) is 100 cm³/mol. The van der Waals surface area contributed by atoms with Crippen LogP contribution in [0, 0.1) is 16.0 Å². The van der Waals surface area contributed by atoms with Crippen molar-refractivity contribution in [1.82, 2.24) is 10.2 Å². The minimum Gasteiger partial charge on any atom is -0.493 e. The van der Waals surface area contributed by atoms with Crippen LogP contribution in [0.4, 0.5) is 14.5 Å². The number of likely N-dealkylation sites (tertiary alicyclic amines) is 1. The quantitative estimate of drug-likeness (QED) is 0.497. The largest absolute Gasteiger partial charge is 0.493 e. The second kappa shape index (κ2) is 11.2. The zero-order chi connectivity index (χ0) is 19.1. The fourth-order valence-electron chi connectivity index (χ4n) is 3.26. The molecule has 1 aliphatic heterocycles. The molecule has 0 atom stereocenters. The van der Waals surface area contributed by atoms with Crippen molar-refractivity contribution in [2.75, 3.05) is 33.8 Å². The Hall–Kier alpha value is -1.71. The van der Waals surface area contributed by atoms with Crippen molar-refractivity contribution < 1.29 is 23.2 Å². The number of nitrogens with one attached hydrogen (secondary N) is 1. The van der Waals surface area contributed by atoms with Crippen LogP contribution < -0.4 is 14.8 Å². The van der Waals surface area contributed by atoms with Crippen LogP contribution in [0.15, 0.2) is 12.1 Å². The Morgan fingerprint density at radius 1 is 1.33 bits per heavy atom. The molecule has 1 saturated heterocycles. The van der Waals surface area contributed by atoms with Crippen LogP contribution >= 0.6 is 12.4 Å². The highest BCUT2D eigenvalue weighted by atomic mass is 35.5. The predicted octanol–water partition coefficient (Wildman–Crippen LogP) is 3.45. The molecule has 0 bridgehead atoms. The SMILES string of the molecule is CNCCC1CCN(Cc2cc(OC)c(OC(F)F)cc2[N+](=O)[O-])CC1.Cl. The zero-order valence-corrected chi connectivity index (χ0v) is 16.3. The zero-order valence-electron chi connectivity index (χ0n) is 15.5. The molecule has 0 radical (unpaired) electrons. The number of benzene rings is 1. The van der Waals surface area contributed by atoms with Gasteiger partial charge in [0, 0.05) is 12.1 Å². The monoisotopic (exact) mass is 409 g/mol. The van der Waals surface area contributed by atoms with Gasteiger partial charge in [0.1, 0.15) is 0 Å². The van der Waals surface area contributed by atoms with E-state index >= 15 is 0 Å². The molecule has 0 aromatic heterocycles. The molecule has 0 spiro atoms.